The van der Waals surface area contributed by atoms with Crippen molar-refractivity contribution in [3.8, 4) is 34.3 Å². The molecule has 0 saturated heterocycles. The summed E-state index contributed by atoms with van der Waals surface area (Å²) >= 11 is 0. The molecule has 1 aromatic heterocycles. The SMILES string of the molecule is CC1=CCCC1Oc1ccc(-c2noc(-c3ccc(O)cc3)n2)cc1. The van der Waals surface area contributed by atoms with Crippen LogP contribution in [0.1, 0.15) is 19.8 Å². The van der Waals surface area contributed by atoms with E-state index >= 15 is 0 Å². The fourth-order valence-corrected chi connectivity index (χ4v) is 2.88. The van der Waals surface area contributed by atoms with Gasteiger partial charge in [0.15, 0.2) is 0 Å². The first-order chi connectivity index (χ1) is 12.2. The zero-order chi connectivity index (χ0) is 17.2. The molecule has 1 aliphatic rings. The van der Waals surface area contributed by atoms with Gasteiger partial charge in [-0.15, -0.1) is 0 Å². The quantitative estimate of drug-likeness (QED) is 0.706. The summed E-state index contributed by atoms with van der Waals surface area (Å²) in [7, 11) is 0. The number of hydrogen-bond acceptors (Lipinski definition) is 5. The van der Waals surface area contributed by atoms with Gasteiger partial charge in [0, 0.05) is 11.1 Å². The van der Waals surface area contributed by atoms with Crippen LogP contribution >= 0.6 is 0 Å². The lowest BCUT2D eigenvalue weighted by Gasteiger charge is -2.15. The second kappa shape index (κ2) is 6.43. The molecule has 0 aliphatic heterocycles. The lowest BCUT2D eigenvalue weighted by Crippen LogP contribution is -2.13. The number of rotatable bonds is 4. The standard InChI is InChI=1S/C20H18N2O3/c1-13-3-2-4-18(13)24-17-11-7-14(8-12-17)19-21-20(25-22-19)15-5-9-16(23)10-6-15/h3,5-12,18,23H,2,4H2,1H3. The minimum Gasteiger partial charge on any atom is -0.508 e. The Labute approximate surface area is 145 Å². The molecule has 0 saturated carbocycles. The molecule has 1 heterocycles. The smallest absolute Gasteiger partial charge is 0.258 e. The van der Waals surface area contributed by atoms with Crippen LogP contribution in [0.15, 0.2) is 64.7 Å². The third kappa shape index (κ3) is 3.26. The highest BCUT2D eigenvalue weighted by molar-refractivity contribution is 5.60. The topological polar surface area (TPSA) is 68.4 Å². The number of aromatic hydroxyl groups is 1. The predicted molar refractivity (Wildman–Crippen MR) is 94.2 cm³/mol. The second-order valence-electron chi connectivity index (χ2n) is 6.13. The minimum atomic E-state index is 0.178. The van der Waals surface area contributed by atoms with E-state index in [4.69, 9.17) is 9.26 Å². The van der Waals surface area contributed by atoms with Gasteiger partial charge in [0.2, 0.25) is 5.82 Å². The maximum atomic E-state index is 9.35. The van der Waals surface area contributed by atoms with E-state index in [0.717, 1.165) is 29.7 Å². The third-order valence-electron chi connectivity index (χ3n) is 4.33. The molecule has 0 radical (unpaired) electrons. The average Bonchev–Trinajstić information content (AvgIpc) is 3.26. The molecule has 3 aromatic rings. The average molecular weight is 334 g/mol. The number of nitrogens with zero attached hydrogens (tertiary/aromatic N) is 2. The van der Waals surface area contributed by atoms with Crippen LogP contribution < -0.4 is 4.74 Å². The molecule has 25 heavy (non-hydrogen) atoms. The van der Waals surface area contributed by atoms with E-state index in [1.54, 1.807) is 24.3 Å². The lowest BCUT2D eigenvalue weighted by molar-refractivity contribution is 0.238. The Morgan fingerprint density at radius 2 is 1.76 bits per heavy atom. The molecule has 5 heteroatoms. The molecule has 2 aromatic carbocycles. The number of phenols is 1. The Morgan fingerprint density at radius 1 is 1.04 bits per heavy atom. The molecule has 1 aliphatic carbocycles. The summed E-state index contributed by atoms with van der Waals surface area (Å²) in [6, 6.07) is 14.4. The van der Waals surface area contributed by atoms with Crippen LogP contribution in [-0.2, 0) is 0 Å². The summed E-state index contributed by atoms with van der Waals surface area (Å²) in [5.41, 5.74) is 2.92. The monoisotopic (exact) mass is 334 g/mol. The van der Waals surface area contributed by atoms with Gasteiger partial charge in [-0.05, 0) is 73.9 Å². The molecule has 0 fully saturated rings. The number of benzene rings is 2. The zero-order valence-corrected chi connectivity index (χ0v) is 13.8. The van der Waals surface area contributed by atoms with E-state index < -0.39 is 0 Å². The van der Waals surface area contributed by atoms with Crippen molar-refractivity contribution >= 4 is 0 Å². The van der Waals surface area contributed by atoms with Gasteiger partial charge in [-0.2, -0.15) is 4.98 Å². The Kier molecular flexibility index (Phi) is 3.98. The van der Waals surface area contributed by atoms with Crippen molar-refractivity contribution in [3.05, 3.63) is 60.2 Å². The maximum Gasteiger partial charge on any atom is 0.258 e. The Balaban J connectivity index is 1.50. The number of phenolic OH excluding ortho intramolecular Hbond substituents is 1. The fraction of sp³-hybridized carbons (Fsp3) is 0.200. The van der Waals surface area contributed by atoms with Crippen molar-refractivity contribution in [2.24, 2.45) is 0 Å². The fourth-order valence-electron chi connectivity index (χ4n) is 2.88. The highest BCUT2D eigenvalue weighted by atomic mass is 16.5. The molecular weight excluding hydrogens is 316 g/mol. The van der Waals surface area contributed by atoms with Crippen LogP contribution in [0, 0.1) is 0 Å². The molecule has 0 spiro atoms. The summed E-state index contributed by atoms with van der Waals surface area (Å²) in [5, 5.41) is 13.4. The molecule has 0 bridgehead atoms. The third-order valence-corrected chi connectivity index (χ3v) is 4.33. The van der Waals surface area contributed by atoms with E-state index in [2.05, 4.69) is 23.1 Å². The second-order valence-corrected chi connectivity index (χ2v) is 6.13. The first-order valence-corrected chi connectivity index (χ1v) is 8.26. The van der Waals surface area contributed by atoms with E-state index in [1.807, 2.05) is 24.3 Å². The van der Waals surface area contributed by atoms with Gasteiger partial charge in [0.1, 0.15) is 17.6 Å². The molecule has 1 atom stereocenters. The van der Waals surface area contributed by atoms with E-state index in [1.165, 1.54) is 5.57 Å². The van der Waals surface area contributed by atoms with Crippen molar-refractivity contribution in [1.82, 2.24) is 10.1 Å². The van der Waals surface area contributed by atoms with Crippen molar-refractivity contribution in [2.75, 3.05) is 0 Å². The van der Waals surface area contributed by atoms with Gasteiger partial charge in [0.25, 0.3) is 5.89 Å². The van der Waals surface area contributed by atoms with Gasteiger partial charge in [-0.1, -0.05) is 11.2 Å². The summed E-state index contributed by atoms with van der Waals surface area (Å²) in [4.78, 5) is 4.42. The van der Waals surface area contributed by atoms with Gasteiger partial charge in [-0.25, -0.2) is 0 Å². The highest BCUT2D eigenvalue weighted by Crippen LogP contribution is 2.27. The van der Waals surface area contributed by atoms with Crippen LogP contribution in [0.3, 0.4) is 0 Å². The first-order valence-electron chi connectivity index (χ1n) is 8.26. The van der Waals surface area contributed by atoms with Crippen LogP contribution in [-0.4, -0.2) is 21.4 Å². The molecule has 0 amide bonds. The Morgan fingerprint density at radius 3 is 2.44 bits per heavy atom. The van der Waals surface area contributed by atoms with Crippen molar-refractivity contribution in [1.29, 1.82) is 0 Å². The van der Waals surface area contributed by atoms with Crippen molar-refractivity contribution in [3.63, 3.8) is 0 Å². The number of allylic oxidation sites excluding steroid dienone is 1. The maximum absolute atomic E-state index is 9.35. The number of hydrogen-bond donors (Lipinski definition) is 1. The van der Waals surface area contributed by atoms with E-state index in [0.29, 0.717) is 11.7 Å². The van der Waals surface area contributed by atoms with Crippen molar-refractivity contribution in [2.45, 2.75) is 25.9 Å². The summed E-state index contributed by atoms with van der Waals surface area (Å²) in [5.74, 6) is 1.98. The van der Waals surface area contributed by atoms with Crippen LogP contribution in [0.2, 0.25) is 0 Å². The van der Waals surface area contributed by atoms with Gasteiger partial charge < -0.3 is 14.4 Å². The molecular formula is C20H18N2O3. The summed E-state index contributed by atoms with van der Waals surface area (Å²) < 4.78 is 11.3. The lowest BCUT2D eigenvalue weighted by atomic mass is 10.2. The van der Waals surface area contributed by atoms with Gasteiger partial charge in [-0.3, -0.25) is 0 Å². The first kappa shape index (κ1) is 15.4. The minimum absolute atomic E-state index is 0.178. The van der Waals surface area contributed by atoms with Crippen LogP contribution in [0.5, 0.6) is 11.5 Å². The molecule has 1 unspecified atom stereocenters. The highest BCUT2D eigenvalue weighted by Gasteiger charge is 2.17. The van der Waals surface area contributed by atoms with E-state index in [9.17, 15) is 5.11 Å². The Hall–Kier alpha value is -3.08. The molecule has 126 valence electrons. The van der Waals surface area contributed by atoms with Crippen LogP contribution in [0.25, 0.3) is 22.8 Å². The predicted octanol–water partition coefficient (Wildman–Crippen LogP) is 4.60. The summed E-state index contributed by atoms with van der Waals surface area (Å²) in [6.07, 6.45) is 4.52. The van der Waals surface area contributed by atoms with Crippen LogP contribution in [0.4, 0.5) is 0 Å². The van der Waals surface area contributed by atoms with E-state index in [-0.39, 0.29) is 11.9 Å². The number of ether oxygens (including phenoxy) is 1. The molecule has 1 N–H and O–H groups in total. The normalized spacial score (nSPS) is 16.7. The molecule has 5 nitrogen and oxygen atoms in total. The largest absolute Gasteiger partial charge is 0.508 e. The Bertz CT molecular complexity index is 895. The van der Waals surface area contributed by atoms with Crippen molar-refractivity contribution < 1.29 is 14.4 Å². The van der Waals surface area contributed by atoms with Gasteiger partial charge in [0.05, 0.1) is 0 Å². The zero-order valence-electron chi connectivity index (χ0n) is 13.8. The number of aromatic nitrogens is 2. The molecule has 4 rings (SSSR count). The van der Waals surface area contributed by atoms with Gasteiger partial charge >= 0.3 is 0 Å². The summed E-state index contributed by atoms with van der Waals surface area (Å²) in [6.45, 7) is 2.11.